The van der Waals surface area contributed by atoms with Gasteiger partial charge in [-0.2, -0.15) is 0 Å². The van der Waals surface area contributed by atoms with E-state index in [9.17, 15) is 34.5 Å². The number of hydrogen-bond acceptors (Lipinski definition) is 8. The van der Waals surface area contributed by atoms with Crippen molar-refractivity contribution in [3.05, 3.63) is 39.0 Å². The number of carbonyl (C=O) groups is 4. The van der Waals surface area contributed by atoms with Crippen molar-refractivity contribution in [2.24, 2.45) is 11.8 Å². The molecule has 1 aliphatic rings. The topological polar surface area (TPSA) is 165 Å². The molecule has 0 aromatic heterocycles. The van der Waals surface area contributed by atoms with Crippen molar-refractivity contribution in [2.75, 3.05) is 13.7 Å². The normalized spacial score (nSPS) is 28.5. The number of cyclic esters (lactones) is 1. The molecule has 1 aromatic carbocycles. The molecule has 41 heavy (non-hydrogen) atoms. The van der Waals surface area contributed by atoms with Gasteiger partial charge in [0.1, 0.15) is 17.8 Å². The van der Waals surface area contributed by atoms with Crippen LogP contribution in [0.2, 0.25) is 0 Å². The van der Waals surface area contributed by atoms with Crippen molar-refractivity contribution in [1.82, 2.24) is 15.5 Å². The van der Waals surface area contributed by atoms with Crippen LogP contribution in [0.25, 0.3) is 0 Å². The molecule has 228 valence electrons. The van der Waals surface area contributed by atoms with Gasteiger partial charge in [-0.3, -0.25) is 14.4 Å². The minimum Gasteiger partial charge on any atom is -0.507 e. The number of phenols is 1. The number of aliphatic hydroxyl groups is 2. The number of nitrogens with zero attached hydrogens (tertiary/aromatic N) is 1. The Bertz CT molecular complexity index is 1140. The maximum absolute atomic E-state index is 13.6. The number of allylic oxidation sites excluding steroid dienone is 2. The number of aliphatic hydroxyl groups excluding tert-OH is 2. The Hall–Kier alpha value is -2.71. The number of ether oxygens (including phenoxy) is 1. The number of hydrogen-bond donors (Lipinski definition) is 5. The van der Waals surface area contributed by atoms with Crippen LogP contribution in [-0.4, -0.2) is 87.9 Å². The van der Waals surface area contributed by atoms with Gasteiger partial charge in [0.15, 0.2) is 6.04 Å². The standard InChI is InChI=1S/C29H42IN3O8/c1-15-9-16(2)11-18(4)41-29(40)25(19(5)35)32-27(38)23(13-20-7-8-24(36)21(30)12-20)33(6)28(39)22(14-34)31-26(37)17(3)10-15/h7-9,12,16-19,22-23,25,34-36H,10-11,13-14H2,1-6H3,(H,31,37)(H,32,38). The summed E-state index contributed by atoms with van der Waals surface area (Å²) in [5, 5.41) is 35.4. The Morgan fingerprint density at radius 1 is 1.12 bits per heavy atom. The fourth-order valence-electron chi connectivity index (χ4n) is 4.87. The van der Waals surface area contributed by atoms with Gasteiger partial charge in [-0.1, -0.05) is 31.6 Å². The van der Waals surface area contributed by atoms with Crippen LogP contribution >= 0.6 is 22.6 Å². The van der Waals surface area contributed by atoms with Crippen molar-refractivity contribution >= 4 is 46.3 Å². The van der Waals surface area contributed by atoms with Crippen molar-refractivity contribution < 1.29 is 39.2 Å². The summed E-state index contributed by atoms with van der Waals surface area (Å²) < 4.78 is 6.11. The van der Waals surface area contributed by atoms with E-state index in [1.807, 2.05) is 42.5 Å². The first-order valence-electron chi connectivity index (χ1n) is 13.7. The number of halogens is 1. The summed E-state index contributed by atoms with van der Waals surface area (Å²) in [6.45, 7) is 7.95. The zero-order valence-electron chi connectivity index (χ0n) is 24.4. The molecular formula is C29H42IN3O8. The van der Waals surface area contributed by atoms with E-state index in [2.05, 4.69) is 10.6 Å². The minimum atomic E-state index is -1.41. The molecule has 0 radical (unpaired) electrons. The Morgan fingerprint density at radius 2 is 1.78 bits per heavy atom. The van der Waals surface area contributed by atoms with Crippen LogP contribution in [0, 0.1) is 15.4 Å². The molecule has 11 nitrogen and oxygen atoms in total. The largest absolute Gasteiger partial charge is 0.507 e. The summed E-state index contributed by atoms with van der Waals surface area (Å²) in [5.41, 5.74) is 1.55. The molecule has 1 aliphatic heterocycles. The smallest absolute Gasteiger partial charge is 0.331 e. The molecule has 0 fully saturated rings. The summed E-state index contributed by atoms with van der Waals surface area (Å²) in [6.07, 6.45) is 1.04. The number of likely N-dealkylation sites (N-methyl/N-ethyl adjacent to an activating group) is 1. The predicted molar refractivity (Wildman–Crippen MR) is 161 cm³/mol. The average Bonchev–Trinajstić information content (AvgIpc) is 2.88. The lowest BCUT2D eigenvalue weighted by molar-refractivity contribution is -0.156. The van der Waals surface area contributed by atoms with E-state index in [1.54, 1.807) is 26.0 Å². The van der Waals surface area contributed by atoms with E-state index < -0.39 is 66.5 Å². The first-order valence-corrected chi connectivity index (χ1v) is 14.7. The van der Waals surface area contributed by atoms with Crippen molar-refractivity contribution in [3.8, 4) is 5.75 Å². The van der Waals surface area contributed by atoms with Crippen LogP contribution in [0.15, 0.2) is 29.8 Å². The molecule has 1 aromatic rings. The zero-order chi connectivity index (χ0) is 31.0. The maximum atomic E-state index is 13.6. The quantitative estimate of drug-likeness (QED) is 0.181. The molecule has 0 bridgehead atoms. The highest BCUT2D eigenvalue weighted by Crippen LogP contribution is 2.23. The number of phenolic OH excluding ortho intramolecular Hbond substituents is 1. The minimum absolute atomic E-state index is 0.00411. The summed E-state index contributed by atoms with van der Waals surface area (Å²) in [5.74, 6) is -3.13. The van der Waals surface area contributed by atoms with Crippen LogP contribution in [-0.2, 0) is 30.3 Å². The van der Waals surface area contributed by atoms with Gasteiger partial charge in [0, 0.05) is 19.4 Å². The van der Waals surface area contributed by atoms with Gasteiger partial charge in [-0.25, -0.2) is 4.79 Å². The molecule has 0 saturated carbocycles. The van der Waals surface area contributed by atoms with Gasteiger partial charge in [-0.15, -0.1) is 0 Å². The number of benzene rings is 1. The van der Waals surface area contributed by atoms with E-state index in [1.165, 1.54) is 20.0 Å². The van der Waals surface area contributed by atoms with Crippen molar-refractivity contribution in [3.63, 3.8) is 0 Å². The number of rotatable bonds is 4. The highest BCUT2D eigenvalue weighted by atomic mass is 127. The molecule has 12 heteroatoms. The highest BCUT2D eigenvalue weighted by Gasteiger charge is 2.36. The lowest BCUT2D eigenvalue weighted by Gasteiger charge is -2.32. The Labute approximate surface area is 254 Å². The van der Waals surface area contributed by atoms with Gasteiger partial charge in [0.2, 0.25) is 17.7 Å². The SMILES string of the molecule is CC1=CC(C)CC(C)OC(=O)C(C(C)O)NC(=O)C(Cc2ccc(O)c(I)c2)N(C)C(=O)C(CO)NC(=O)C(C)C1. The van der Waals surface area contributed by atoms with Crippen molar-refractivity contribution in [1.29, 1.82) is 0 Å². The molecule has 7 atom stereocenters. The molecule has 0 spiro atoms. The second-order valence-electron chi connectivity index (χ2n) is 11.0. The van der Waals surface area contributed by atoms with Gasteiger partial charge in [-0.05, 0) is 79.8 Å². The average molecular weight is 688 g/mol. The van der Waals surface area contributed by atoms with Crippen LogP contribution in [0.4, 0.5) is 0 Å². The van der Waals surface area contributed by atoms with Crippen LogP contribution in [0.1, 0.15) is 53.0 Å². The number of aromatic hydroxyl groups is 1. The van der Waals surface area contributed by atoms with Crippen LogP contribution in [0.5, 0.6) is 5.75 Å². The summed E-state index contributed by atoms with van der Waals surface area (Å²) in [6, 6.07) is 0.786. The molecule has 5 N–H and O–H groups in total. The molecule has 1 heterocycles. The Morgan fingerprint density at radius 3 is 2.37 bits per heavy atom. The second kappa shape index (κ2) is 15.5. The monoisotopic (exact) mass is 687 g/mol. The Kier molecular flexibility index (Phi) is 13.0. The predicted octanol–water partition coefficient (Wildman–Crippen LogP) is 1.65. The first kappa shape index (κ1) is 34.5. The number of carbonyl (C=O) groups excluding carboxylic acids is 4. The third kappa shape index (κ3) is 9.96. The number of nitrogens with one attached hydrogen (secondary N) is 2. The maximum Gasteiger partial charge on any atom is 0.331 e. The summed E-state index contributed by atoms with van der Waals surface area (Å²) in [7, 11) is 1.36. The lowest BCUT2D eigenvalue weighted by atomic mass is 9.95. The molecule has 3 amide bonds. The van der Waals surface area contributed by atoms with E-state index in [4.69, 9.17) is 4.74 Å². The fraction of sp³-hybridized carbons (Fsp3) is 0.586. The summed E-state index contributed by atoms with van der Waals surface area (Å²) >= 11 is 1.94. The van der Waals surface area contributed by atoms with Gasteiger partial charge in [0.05, 0.1) is 22.4 Å². The third-order valence-corrected chi connectivity index (χ3v) is 7.92. The van der Waals surface area contributed by atoms with E-state index in [0.717, 1.165) is 10.5 Å². The molecule has 2 rings (SSSR count). The van der Waals surface area contributed by atoms with E-state index in [0.29, 0.717) is 22.0 Å². The fourth-order valence-corrected chi connectivity index (χ4v) is 5.45. The Balaban J connectivity index is 2.52. The third-order valence-electron chi connectivity index (χ3n) is 7.06. The van der Waals surface area contributed by atoms with E-state index >= 15 is 0 Å². The van der Waals surface area contributed by atoms with Crippen LogP contribution < -0.4 is 10.6 Å². The molecule has 7 unspecified atom stereocenters. The zero-order valence-corrected chi connectivity index (χ0v) is 26.5. The number of esters is 1. The first-order chi connectivity index (χ1) is 19.1. The number of amides is 3. The van der Waals surface area contributed by atoms with Gasteiger partial charge >= 0.3 is 5.97 Å². The van der Waals surface area contributed by atoms with Gasteiger partial charge < -0.3 is 35.6 Å². The van der Waals surface area contributed by atoms with Crippen molar-refractivity contribution in [2.45, 2.75) is 84.2 Å². The van der Waals surface area contributed by atoms with E-state index in [-0.39, 0.29) is 18.1 Å². The molecule has 0 saturated heterocycles. The lowest BCUT2D eigenvalue weighted by Crippen LogP contribution is -2.59. The summed E-state index contributed by atoms with van der Waals surface area (Å²) in [4.78, 5) is 54.2. The van der Waals surface area contributed by atoms with Crippen LogP contribution in [0.3, 0.4) is 0 Å². The highest BCUT2D eigenvalue weighted by molar-refractivity contribution is 14.1. The molecular weight excluding hydrogens is 645 g/mol. The second-order valence-corrected chi connectivity index (χ2v) is 12.2. The molecule has 0 aliphatic carbocycles. The van der Waals surface area contributed by atoms with Gasteiger partial charge in [0.25, 0.3) is 0 Å².